The molecule has 0 heterocycles. The highest BCUT2D eigenvalue weighted by Gasteiger charge is 2.01. The molecule has 0 atom stereocenters. The molecule has 0 saturated heterocycles. The molecule has 0 aliphatic heterocycles. The molecule has 4 aromatic carbocycles. The number of hydrogen-bond acceptors (Lipinski definition) is 1. The van der Waals surface area contributed by atoms with Crippen LogP contribution in [0.3, 0.4) is 0 Å². The summed E-state index contributed by atoms with van der Waals surface area (Å²) >= 11 is 0. The van der Waals surface area contributed by atoms with Crippen LogP contribution in [0.15, 0.2) is 84.9 Å². The van der Waals surface area contributed by atoms with E-state index in [1.54, 1.807) is 0 Å². The molecule has 1 heteroatoms. The minimum atomic E-state index is 0.597. The van der Waals surface area contributed by atoms with Crippen molar-refractivity contribution in [1.29, 1.82) is 0 Å². The monoisotopic (exact) mass is 284 g/mol. The second-order valence-corrected chi connectivity index (χ2v) is 5.48. The summed E-state index contributed by atoms with van der Waals surface area (Å²) in [4.78, 5) is 0. The molecule has 4 aromatic rings. The average Bonchev–Trinajstić information content (AvgIpc) is 2.59. The molecule has 0 N–H and O–H groups in total. The average molecular weight is 284 g/mol. The van der Waals surface area contributed by atoms with Crippen LogP contribution < -0.4 is 4.74 Å². The van der Waals surface area contributed by atoms with Gasteiger partial charge in [-0.15, -0.1) is 0 Å². The van der Waals surface area contributed by atoms with Crippen LogP contribution in [-0.4, -0.2) is 0 Å². The van der Waals surface area contributed by atoms with E-state index >= 15 is 0 Å². The lowest BCUT2D eigenvalue weighted by atomic mass is 10.0. The summed E-state index contributed by atoms with van der Waals surface area (Å²) in [5, 5.41) is 4.98. The van der Waals surface area contributed by atoms with Gasteiger partial charge in [-0.2, -0.15) is 0 Å². The molecule has 0 aliphatic rings. The zero-order valence-corrected chi connectivity index (χ0v) is 12.2. The third-order valence-electron chi connectivity index (χ3n) is 3.92. The van der Waals surface area contributed by atoms with Crippen LogP contribution in [0.5, 0.6) is 5.75 Å². The summed E-state index contributed by atoms with van der Waals surface area (Å²) in [7, 11) is 0. The molecule has 0 fully saturated rings. The summed E-state index contributed by atoms with van der Waals surface area (Å²) in [5.74, 6) is 0.909. The summed E-state index contributed by atoms with van der Waals surface area (Å²) in [6.07, 6.45) is 0. The lowest BCUT2D eigenvalue weighted by Crippen LogP contribution is -1.94. The fourth-order valence-electron chi connectivity index (χ4n) is 2.75. The molecule has 22 heavy (non-hydrogen) atoms. The third kappa shape index (κ3) is 2.53. The van der Waals surface area contributed by atoms with Crippen molar-refractivity contribution in [3.63, 3.8) is 0 Å². The van der Waals surface area contributed by atoms with E-state index in [4.69, 9.17) is 4.74 Å². The van der Waals surface area contributed by atoms with Gasteiger partial charge in [0.15, 0.2) is 0 Å². The van der Waals surface area contributed by atoms with Crippen LogP contribution in [0.25, 0.3) is 21.5 Å². The Morgan fingerprint density at radius 3 is 1.95 bits per heavy atom. The molecule has 106 valence electrons. The van der Waals surface area contributed by atoms with E-state index in [-0.39, 0.29) is 0 Å². The number of benzene rings is 4. The van der Waals surface area contributed by atoms with E-state index in [1.165, 1.54) is 27.1 Å². The molecule has 0 saturated carbocycles. The molecular weight excluding hydrogens is 268 g/mol. The number of hydrogen-bond donors (Lipinski definition) is 0. The van der Waals surface area contributed by atoms with E-state index in [2.05, 4.69) is 60.7 Å². The first kappa shape index (κ1) is 12.9. The summed E-state index contributed by atoms with van der Waals surface area (Å²) < 4.78 is 5.91. The standard InChI is InChI=1S/C21H16O/c1-2-6-16(7-3-1)15-22-21-11-10-19-12-17-8-4-5-9-18(17)13-20(19)14-21/h1-14H,15H2. The SMILES string of the molecule is c1ccc(COc2ccc3cc4ccccc4cc3c2)cc1. The van der Waals surface area contributed by atoms with Crippen molar-refractivity contribution in [3.8, 4) is 5.75 Å². The first-order chi connectivity index (χ1) is 10.9. The number of rotatable bonds is 3. The Hall–Kier alpha value is -2.80. The van der Waals surface area contributed by atoms with Crippen LogP contribution >= 0.6 is 0 Å². The predicted octanol–water partition coefficient (Wildman–Crippen LogP) is 5.57. The van der Waals surface area contributed by atoms with Crippen molar-refractivity contribution >= 4 is 21.5 Å². The van der Waals surface area contributed by atoms with Gasteiger partial charge in [0, 0.05) is 0 Å². The van der Waals surface area contributed by atoms with E-state index in [9.17, 15) is 0 Å². The van der Waals surface area contributed by atoms with Gasteiger partial charge in [0.2, 0.25) is 0 Å². The van der Waals surface area contributed by atoms with Crippen molar-refractivity contribution in [2.75, 3.05) is 0 Å². The molecule has 1 nitrogen and oxygen atoms in total. The third-order valence-corrected chi connectivity index (χ3v) is 3.92. The normalized spacial score (nSPS) is 10.9. The van der Waals surface area contributed by atoms with Gasteiger partial charge in [-0.25, -0.2) is 0 Å². The fraction of sp³-hybridized carbons (Fsp3) is 0.0476. The quantitative estimate of drug-likeness (QED) is 0.447. The van der Waals surface area contributed by atoms with Gasteiger partial charge in [0.25, 0.3) is 0 Å². The van der Waals surface area contributed by atoms with Gasteiger partial charge in [-0.05, 0) is 51.4 Å². The van der Waals surface area contributed by atoms with Crippen LogP contribution in [0.1, 0.15) is 5.56 Å². The van der Waals surface area contributed by atoms with Crippen LogP contribution in [0, 0.1) is 0 Å². The van der Waals surface area contributed by atoms with Gasteiger partial charge in [0.05, 0.1) is 0 Å². The Morgan fingerprint density at radius 2 is 1.18 bits per heavy atom. The molecule has 4 rings (SSSR count). The Balaban J connectivity index is 1.66. The second-order valence-electron chi connectivity index (χ2n) is 5.48. The zero-order chi connectivity index (χ0) is 14.8. The maximum Gasteiger partial charge on any atom is 0.120 e. The van der Waals surface area contributed by atoms with Crippen LogP contribution in [-0.2, 0) is 6.61 Å². The van der Waals surface area contributed by atoms with E-state index in [0.29, 0.717) is 6.61 Å². The summed E-state index contributed by atoms with van der Waals surface area (Å²) in [5.41, 5.74) is 1.18. The van der Waals surface area contributed by atoms with Crippen LogP contribution in [0.2, 0.25) is 0 Å². The summed E-state index contributed by atoms with van der Waals surface area (Å²) in [6.45, 7) is 0.597. The van der Waals surface area contributed by atoms with Crippen LogP contribution in [0.4, 0.5) is 0 Å². The minimum Gasteiger partial charge on any atom is -0.489 e. The van der Waals surface area contributed by atoms with Crippen molar-refractivity contribution in [2.45, 2.75) is 6.61 Å². The Labute approximate surface area is 129 Å². The smallest absolute Gasteiger partial charge is 0.120 e. The molecule has 0 amide bonds. The predicted molar refractivity (Wildman–Crippen MR) is 92.2 cm³/mol. The highest BCUT2D eigenvalue weighted by atomic mass is 16.5. The molecule has 0 radical (unpaired) electrons. The van der Waals surface area contributed by atoms with Crippen molar-refractivity contribution in [1.82, 2.24) is 0 Å². The largest absolute Gasteiger partial charge is 0.489 e. The van der Waals surface area contributed by atoms with Crippen molar-refractivity contribution in [3.05, 3.63) is 90.5 Å². The van der Waals surface area contributed by atoms with Crippen molar-refractivity contribution < 1.29 is 4.74 Å². The zero-order valence-electron chi connectivity index (χ0n) is 12.2. The van der Waals surface area contributed by atoms with E-state index in [0.717, 1.165) is 5.75 Å². The topological polar surface area (TPSA) is 9.23 Å². The Kier molecular flexibility index (Phi) is 3.24. The Morgan fingerprint density at radius 1 is 0.545 bits per heavy atom. The molecular formula is C21H16O. The van der Waals surface area contributed by atoms with Gasteiger partial charge in [-0.1, -0.05) is 60.7 Å². The fourth-order valence-corrected chi connectivity index (χ4v) is 2.75. The molecule has 0 spiro atoms. The molecule has 0 aromatic heterocycles. The Bertz CT molecular complexity index is 926. The van der Waals surface area contributed by atoms with Crippen molar-refractivity contribution in [2.24, 2.45) is 0 Å². The molecule has 0 bridgehead atoms. The first-order valence-electron chi connectivity index (χ1n) is 7.48. The molecule has 0 aliphatic carbocycles. The van der Waals surface area contributed by atoms with Gasteiger partial charge < -0.3 is 4.74 Å². The maximum atomic E-state index is 5.91. The van der Waals surface area contributed by atoms with E-state index < -0.39 is 0 Å². The van der Waals surface area contributed by atoms with E-state index in [1.807, 2.05) is 24.3 Å². The number of fused-ring (bicyclic) bond motifs is 2. The van der Waals surface area contributed by atoms with Gasteiger partial charge >= 0.3 is 0 Å². The number of ether oxygens (including phenoxy) is 1. The first-order valence-corrected chi connectivity index (χ1v) is 7.48. The lowest BCUT2D eigenvalue weighted by molar-refractivity contribution is 0.306. The summed E-state index contributed by atoms with van der Waals surface area (Å²) in [6, 6.07) is 29.4. The highest BCUT2D eigenvalue weighted by Crippen LogP contribution is 2.26. The molecule has 0 unspecified atom stereocenters. The minimum absolute atomic E-state index is 0.597. The second kappa shape index (κ2) is 5.53. The highest BCUT2D eigenvalue weighted by molar-refractivity contribution is 5.98. The van der Waals surface area contributed by atoms with Gasteiger partial charge in [0.1, 0.15) is 12.4 Å². The maximum absolute atomic E-state index is 5.91. The lowest BCUT2D eigenvalue weighted by Gasteiger charge is -2.08. The van der Waals surface area contributed by atoms with Gasteiger partial charge in [-0.3, -0.25) is 0 Å².